The number of nitrogens with one attached hydrogen (secondary N) is 4. The number of aliphatic hydroxyl groups is 6. The Morgan fingerprint density at radius 1 is 0.484 bits per heavy atom. The number of pyridine rings is 1. The number of hydrogen-bond donors (Lipinski definition) is 10. The number of nitrogens with zero attached hydrogens (tertiary/aromatic N) is 10. The summed E-state index contributed by atoms with van der Waals surface area (Å²) >= 11 is 2.01. The highest BCUT2D eigenvalue weighted by molar-refractivity contribution is 14.1. The average molecular weight is 1950 g/mol. The Bertz CT molecular complexity index is 3740. The van der Waals surface area contributed by atoms with Crippen molar-refractivity contribution in [1.29, 1.82) is 0 Å². The molecule has 4 aromatic rings. The Labute approximate surface area is 752 Å². The fourth-order valence-corrected chi connectivity index (χ4v) is 16.8. The highest BCUT2D eigenvalue weighted by Crippen LogP contribution is 2.42. The maximum atomic E-state index is 14.3. The molecule has 6 bridgehead atoms. The SMILES string of the molecule is CC(=O)N[C@H]1[C@H]2OC[C@](COCCOCCOCCOCCn3cc(COCC(COCc4cn(CCOCCOCCOCCOC[C@@]56CO[C@H](O5)C(I)[C@@H](O)[C@H]6O)nn4)(COCc4cn(CCOCCOCCOCCO[C@@]56CO[C@@H](O5)[C@H](NC(C)=O)[C@@H](O)[C@H]6O)nn4)NC(=O)CCCCCNC(=O)CCCCCSSc4ccccn4)nn3)(O2)[C@H](O)[C@@H]1O. The number of amides is 4. The van der Waals surface area contributed by atoms with Crippen molar-refractivity contribution in [2.24, 2.45) is 0 Å². The number of aromatic nitrogens is 10. The van der Waals surface area contributed by atoms with Gasteiger partial charge in [-0.3, -0.25) is 19.2 Å². The molecule has 45 nitrogen and oxygen atoms in total. The first kappa shape index (κ1) is 103. The molecule has 48 heteroatoms. The molecular formula is C78H125IN14O31S2. The lowest BCUT2D eigenvalue weighted by Crippen LogP contribution is -2.66. The van der Waals surface area contributed by atoms with Crippen molar-refractivity contribution in [3.05, 3.63) is 60.1 Å². The van der Waals surface area contributed by atoms with Crippen LogP contribution in [0.2, 0.25) is 0 Å². The molecule has 6 aliphatic heterocycles. The highest BCUT2D eigenvalue weighted by atomic mass is 127. The van der Waals surface area contributed by atoms with E-state index in [2.05, 4.69) is 57.2 Å². The molecule has 0 radical (unpaired) electrons. The Hall–Kier alpha value is -5.20. The second-order valence-electron chi connectivity index (χ2n) is 30.8. The van der Waals surface area contributed by atoms with Crippen LogP contribution in [0.5, 0.6) is 0 Å². The molecule has 712 valence electrons. The first-order valence-corrected chi connectivity index (χ1v) is 46.1. The zero-order valence-corrected chi connectivity index (χ0v) is 75.1. The quantitative estimate of drug-likeness (QED) is 0.00975. The number of rotatable bonds is 70. The van der Waals surface area contributed by atoms with Crippen molar-refractivity contribution in [2.75, 3.05) is 204 Å². The largest absolute Gasteiger partial charge is 0.389 e. The summed E-state index contributed by atoms with van der Waals surface area (Å²) in [7, 11) is 3.41. The van der Waals surface area contributed by atoms with Crippen molar-refractivity contribution in [1.82, 2.24) is 71.2 Å². The average Bonchev–Trinajstić information content (AvgIpc) is 1.61. The summed E-state index contributed by atoms with van der Waals surface area (Å²) < 4.78 is 127. The number of carbonyl (C=O) groups excluding carboxylic acids is 4. The minimum Gasteiger partial charge on any atom is -0.389 e. The Morgan fingerprint density at radius 3 is 1.39 bits per heavy atom. The van der Waals surface area contributed by atoms with Gasteiger partial charge in [-0.05, 0) is 48.6 Å². The van der Waals surface area contributed by atoms with E-state index in [1.54, 1.807) is 60.4 Å². The summed E-state index contributed by atoms with van der Waals surface area (Å²) in [5, 5.41) is 102. The van der Waals surface area contributed by atoms with Crippen LogP contribution in [0.3, 0.4) is 0 Å². The van der Waals surface area contributed by atoms with E-state index in [0.717, 1.165) is 30.0 Å². The van der Waals surface area contributed by atoms with Gasteiger partial charge >= 0.3 is 0 Å². The molecule has 4 aromatic heterocycles. The lowest BCUT2D eigenvalue weighted by Gasteiger charge is -2.42. The topological polar surface area (TPSA) is 537 Å². The Kier molecular flexibility index (Phi) is 45.7. The second-order valence-corrected chi connectivity index (χ2v) is 34.6. The number of hydrogen-bond acceptors (Lipinski definition) is 40. The summed E-state index contributed by atoms with van der Waals surface area (Å²) in [4.78, 5) is 54.6. The summed E-state index contributed by atoms with van der Waals surface area (Å²) in [6, 6.07) is 3.99. The number of ether oxygens (including phenoxy) is 21. The van der Waals surface area contributed by atoms with Gasteiger partial charge in [0.2, 0.25) is 29.4 Å². The first-order valence-electron chi connectivity index (χ1n) is 42.6. The van der Waals surface area contributed by atoms with E-state index in [1.807, 2.05) is 40.8 Å². The van der Waals surface area contributed by atoms with E-state index in [9.17, 15) is 49.8 Å². The number of halogens is 1. The summed E-state index contributed by atoms with van der Waals surface area (Å²) in [5.41, 5.74) is -2.19. The number of alkyl halides is 1. The molecule has 0 aromatic carbocycles. The molecule has 2 unspecified atom stereocenters. The summed E-state index contributed by atoms with van der Waals surface area (Å²) in [6.45, 7) is 9.43. The number of unbranched alkanes of at least 4 members (excludes halogenated alkanes) is 4. The van der Waals surface area contributed by atoms with Crippen LogP contribution in [-0.2, 0) is 158 Å². The second kappa shape index (κ2) is 56.0. The maximum absolute atomic E-state index is 14.3. The van der Waals surface area contributed by atoms with E-state index < -0.39 is 102 Å². The molecule has 6 saturated heterocycles. The van der Waals surface area contributed by atoms with Crippen LogP contribution in [0.25, 0.3) is 0 Å². The van der Waals surface area contributed by atoms with Gasteiger partial charge in [0, 0.05) is 45.2 Å². The van der Waals surface area contributed by atoms with Crippen molar-refractivity contribution in [2.45, 2.75) is 204 Å². The smallest absolute Gasteiger partial charge is 0.224 e. The number of carbonyl (C=O) groups is 4. The van der Waals surface area contributed by atoms with E-state index in [1.165, 1.54) is 13.8 Å². The van der Waals surface area contributed by atoms with Gasteiger partial charge in [-0.15, -0.1) is 15.3 Å². The minimum absolute atomic E-state index is 0.000661. The van der Waals surface area contributed by atoms with Gasteiger partial charge in [-0.25, -0.2) is 19.0 Å². The van der Waals surface area contributed by atoms with Gasteiger partial charge in [0.25, 0.3) is 0 Å². The van der Waals surface area contributed by atoms with E-state index in [0.29, 0.717) is 135 Å². The molecule has 10 heterocycles. The van der Waals surface area contributed by atoms with E-state index in [-0.39, 0.29) is 168 Å². The van der Waals surface area contributed by atoms with Crippen molar-refractivity contribution in [3.63, 3.8) is 0 Å². The number of fused-ring (bicyclic) bond motifs is 6. The molecule has 6 fully saturated rings. The van der Waals surface area contributed by atoms with Crippen LogP contribution in [0.1, 0.15) is 82.3 Å². The van der Waals surface area contributed by atoms with Gasteiger partial charge < -0.3 is 151 Å². The molecule has 6 aliphatic rings. The van der Waals surface area contributed by atoms with Gasteiger partial charge in [-0.1, -0.05) is 67.9 Å². The standard InChI is InChI=1S/C78H125IN14O31S2/c1-55(94)82-64-67(99)70(102)77(53-119-73(64)123-77)51-114-37-35-111-31-29-108-26-23-105-20-17-92-42-58(86-89-92)45-116-48-75(84-61(97)12-5-3-8-14-80-60(96)11-6-4-10-40-125-126-62-13-7-9-15-81-62,47-115-44-57-41-91(88-85-57)16-19-104-22-25-107-28-30-110-34-36-113-50-76-52-118-72(122-76)63(79)66(98)69(76)101)49-117-46-59-43-93(90-87-59)18-21-106-24-27-109-32-33-112-38-39-121-78-54-120-74(124-78)65(83-56(2)95)68(100)71(78)103/h7,9,13,15,41-43,63-74,98-103H,3-6,8,10-12,14,16-40,44-54H2,1-2H3,(H,80,96)(H,82,94)(H,83,95)(H,84,97)/t63?,64-,65-,66-,67-,68-,69-,70-,71-,72-,73+,74+,75?,76+,77+,78+/m1/s1. The van der Waals surface area contributed by atoms with Crippen molar-refractivity contribution in [3.8, 4) is 0 Å². The predicted octanol–water partition coefficient (Wildman–Crippen LogP) is -2.15. The molecule has 10 N–H and O–H groups in total. The first-order chi connectivity index (χ1) is 61.3. The predicted molar refractivity (Wildman–Crippen MR) is 447 cm³/mol. The van der Waals surface area contributed by atoms with Gasteiger partial charge in [0.05, 0.1) is 253 Å². The molecule has 16 atom stereocenters. The third kappa shape index (κ3) is 34.1. The normalized spacial score (nSPS) is 25.9. The molecular weight excluding hydrogens is 1820 g/mol. The third-order valence-corrected chi connectivity index (χ3v) is 24.3. The summed E-state index contributed by atoms with van der Waals surface area (Å²) in [5.74, 6) is -1.71. The zero-order chi connectivity index (χ0) is 89.1. The maximum Gasteiger partial charge on any atom is 0.224 e. The van der Waals surface area contributed by atoms with Crippen molar-refractivity contribution < 1.29 is 149 Å². The van der Waals surface area contributed by atoms with Gasteiger partial charge in [0.1, 0.15) is 88.1 Å². The monoisotopic (exact) mass is 1940 g/mol. The number of aliphatic hydroxyl groups excluding tert-OH is 6. The summed E-state index contributed by atoms with van der Waals surface area (Å²) in [6.07, 6.45) is 2.09. The Balaban J connectivity index is 0.653. The molecule has 4 amide bonds. The molecule has 10 rings (SSSR count). The van der Waals surface area contributed by atoms with Crippen LogP contribution in [0.15, 0.2) is 48.0 Å². The zero-order valence-electron chi connectivity index (χ0n) is 71.3. The fraction of sp³-hybridized carbons (Fsp3) is 0.808. The lowest BCUT2D eigenvalue weighted by molar-refractivity contribution is -0.320. The molecule has 0 spiro atoms. The lowest BCUT2D eigenvalue weighted by atomic mass is 9.88. The van der Waals surface area contributed by atoms with Gasteiger partial charge in [-0.2, -0.15) is 0 Å². The Morgan fingerprint density at radius 2 is 0.905 bits per heavy atom. The highest BCUT2D eigenvalue weighted by Gasteiger charge is 2.62. The van der Waals surface area contributed by atoms with Crippen molar-refractivity contribution >= 4 is 67.8 Å². The fourth-order valence-electron chi connectivity index (χ4n) is 14.0. The van der Waals surface area contributed by atoms with Crippen LogP contribution < -0.4 is 21.3 Å². The van der Waals surface area contributed by atoms with Crippen LogP contribution >= 0.6 is 44.2 Å². The van der Waals surface area contributed by atoms with Crippen LogP contribution in [0.4, 0.5) is 0 Å². The van der Waals surface area contributed by atoms with E-state index in [4.69, 9.17) is 99.5 Å². The minimum atomic E-state index is -1.59. The van der Waals surface area contributed by atoms with Crippen LogP contribution in [-0.4, -0.2) is 402 Å². The van der Waals surface area contributed by atoms with E-state index >= 15 is 0 Å². The molecule has 126 heavy (non-hydrogen) atoms. The van der Waals surface area contributed by atoms with Crippen LogP contribution in [0, 0.1) is 0 Å². The third-order valence-electron chi connectivity index (χ3n) is 20.6. The molecule has 0 saturated carbocycles. The van der Waals surface area contributed by atoms with Gasteiger partial charge in [0.15, 0.2) is 18.9 Å². The molecule has 0 aliphatic carbocycles.